The molecule has 1 heterocycles. The molecule has 138 valence electrons. The molecule has 1 aromatic carbocycles. The SMILES string of the molecule is CCC(C)n1cc(C(=O)O)c(=O)c(C(=O)NCc2cccc(F)c2Cl)c1. The second-order valence-electron chi connectivity index (χ2n) is 5.82. The monoisotopic (exact) mass is 380 g/mol. The van der Waals surface area contributed by atoms with Crippen molar-refractivity contribution in [2.45, 2.75) is 32.9 Å². The summed E-state index contributed by atoms with van der Waals surface area (Å²) < 4.78 is 15.0. The number of carbonyl (C=O) groups excluding carboxylic acids is 1. The van der Waals surface area contributed by atoms with Crippen LogP contribution in [0.4, 0.5) is 4.39 Å². The summed E-state index contributed by atoms with van der Waals surface area (Å²) in [5.74, 6) is -2.78. The third kappa shape index (κ3) is 4.11. The molecule has 2 aromatic rings. The van der Waals surface area contributed by atoms with Crippen molar-refractivity contribution < 1.29 is 19.1 Å². The van der Waals surface area contributed by atoms with Crippen LogP contribution in [0.25, 0.3) is 0 Å². The van der Waals surface area contributed by atoms with E-state index < -0.39 is 28.7 Å². The maximum Gasteiger partial charge on any atom is 0.341 e. The molecule has 0 bridgehead atoms. The first-order valence-corrected chi connectivity index (χ1v) is 8.34. The molecule has 1 aromatic heterocycles. The lowest BCUT2D eigenvalue weighted by Gasteiger charge is -2.16. The van der Waals surface area contributed by atoms with Crippen molar-refractivity contribution in [1.82, 2.24) is 9.88 Å². The van der Waals surface area contributed by atoms with Gasteiger partial charge in [-0.25, -0.2) is 9.18 Å². The Labute approximate surface area is 154 Å². The molecule has 2 rings (SSSR count). The quantitative estimate of drug-likeness (QED) is 0.805. The number of carboxylic acid groups (broad SMARTS) is 1. The van der Waals surface area contributed by atoms with Crippen molar-refractivity contribution in [2.75, 3.05) is 0 Å². The van der Waals surface area contributed by atoms with Gasteiger partial charge in [0.05, 0.1) is 5.02 Å². The minimum Gasteiger partial charge on any atom is -0.477 e. The van der Waals surface area contributed by atoms with Crippen LogP contribution in [-0.2, 0) is 6.54 Å². The van der Waals surface area contributed by atoms with Gasteiger partial charge in [-0.15, -0.1) is 0 Å². The molecule has 0 spiro atoms. The van der Waals surface area contributed by atoms with Crippen LogP contribution in [0.2, 0.25) is 5.02 Å². The van der Waals surface area contributed by atoms with Gasteiger partial charge in [-0.2, -0.15) is 0 Å². The van der Waals surface area contributed by atoms with Gasteiger partial charge in [0.25, 0.3) is 5.91 Å². The highest BCUT2D eigenvalue weighted by molar-refractivity contribution is 6.31. The van der Waals surface area contributed by atoms with E-state index in [0.29, 0.717) is 12.0 Å². The standard InChI is InChI=1S/C18H18ClFN2O4/c1-3-10(2)22-8-12(16(23)13(9-22)18(25)26)17(24)21-7-11-5-4-6-14(20)15(11)19/h4-6,8-10H,3,7H2,1-2H3,(H,21,24)(H,25,26). The van der Waals surface area contributed by atoms with Crippen LogP contribution in [0, 0.1) is 5.82 Å². The van der Waals surface area contributed by atoms with E-state index >= 15 is 0 Å². The first kappa shape index (κ1) is 19.7. The molecular weight excluding hydrogens is 363 g/mol. The number of aromatic nitrogens is 1. The molecule has 2 N–H and O–H groups in total. The lowest BCUT2D eigenvalue weighted by molar-refractivity contribution is 0.0694. The molecule has 1 amide bonds. The summed E-state index contributed by atoms with van der Waals surface area (Å²) in [6.07, 6.45) is 3.23. The second-order valence-corrected chi connectivity index (χ2v) is 6.20. The number of rotatable bonds is 6. The van der Waals surface area contributed by atoms with Crippen LogP contribution in [0.3, 0.4) is 0 Å². The van der Waals surface area contributed by atoms with E-state index in [4.69, 9.17) is 11.6 Å². The topological polar surface area (TPSA) is 88.4 Å². The van der Waals surface area contributed by atoms with Gasteiger partial charge in [0.2, 0.25) is 5.43 Å². The van der Waals surface area contributed by atoms with Gasteiger partial charge in [0.1, 0.15) is 16.9 Å². The summed E-state index contributed by atoms with van der Waals surface area (Å²) in [7, 11) is 0. The van der Waals surface area contributed by atoms with Crippen molar-refractivity contribution in [2.24, 2.45) is 0 Å². The van der Waals surface area contributed by atoms with Crippen molar-refractivity contribution in [3.63, 3.8) is 0 Å². The minimum atomic E-state index is -1.41. The van der Waals surface area contributed by atoms with Gasteiger partial charge < -0.3 is 15.0 Å². The third-order valence-electron chi connectivity index (χ3n) is 4.09. The van der Waals surface area contributed by atoms with Crippen LogP contribution in [0.1, 0.15) is 52.6 Å². The highest BCUT2D eigenvalue weighted by Crippen LogP contribution is 2.19. The zero-order valence-corrected chi connectivity index (χ0v) is 15.0. The molecule has 1 unspecified atom stereocenters. The molecule has 0 aliphatic heterocycles. The molecule has 0 radical (unpaired) electrons. The lowest BCUT2D eigenvalue weighted by atomic mass is 10.1. The number of nitrogens with zero attached hydrogens (tertiary/aromatic N) is 1. The van der Waals surface area contributed by atoms with E-state index in [1.807, 2.05) is 13.8 Å². The highest BCUT2D eigenvalue weighted by Gasteiger charge is 2.20. The minimum absolute atomic E-state index is 0.0992. The molecule has 0 fully saturated rings. The molecular formula is C18H18ClFN2O4. The van der Waals surface area contributed by atoms with Crippen molar-refractivity contribution >= 4 is 23.5 Å². The Morgan fingerprint density at radius 1 is 1.31 bits per heavy atom. The zero-order chi connectivity index (χ0) is 19.4. The number of amides is 1. The smallest absolute Gasteiger partial charge is 0.341 e. The summed E-state index contributed by atoms with van der Waals surface area (Å²) in [4.78, 5) is 36.0. The largest absolute Gasteiger partial charge is 0.477 e. The van der Waals surface area contributed by atoms with Crippen molar-refractivity contribution in [3.8, 4) is 0 Å². The van der Waals surface area contributed by atoms with E-state index in [9.17, 15) is 23.9 Å². The van der Waals surface area contributed by atoms with Gasteiger partial charge in [-0.05, 0) is 25.0 Å². The number of carboxylic acids is 1. The predicted octanol–water partition coefficient (Wildman–Crippen LogP) is 3.24. The van der Waals surface area contributed by atoms with Crippen molar-refractivity contribution in [3.05, 3.63) is 68.3 Å². The maximum atomic E-state index is 13.4. The number of carbonyl (C=O) groups is 2. The Morgan fingerprint density at radius 2 is 1.96 bits per heavy atom. The third-order valence-corrected chi connectivity index (χ3v) is 4.51. The average Bonchev–Trinajstić information content (AvgIpc) is 2.61. The predicted molar refractivity (Wildman–Crippen MR) is 95.2 cm³/mol. The number of benzene rings is 1. The summed E-state index contributed by atoms with van der Waals surface area (Å²) >= 11 is 5.84. The molecule has 8 heteroatoms. The van der Waals surface area contributed by atoms with E-state index in [2.05, 4.69) is 5.32 Å². The number of halogens is 2. The summed E-state index contributed by atoms with van der Waals surface area (Å²) in [5, 5.41) is 11.6. The molecule has 6 nitrogen and oxygen atoms in total. The van der Waals surface area contributed by atoms with Gasteiger partial charge >= 0.3 is 5.97 Å². The van der Waals surface area contributed by atoms with Crippen LogP contribution < -0.4 is 10.7 Å². The fourth-order valence-electron chi connectivity index (χ4n) is 2.33. The number of hydrogen-bond donors (Lipinski definition) is 2. The highest BCUT2D eigenvalue weighted by atomic mass is 35.5. The maximum absolute atomic E-state index is 13.4. The number of aromatic carboxylic acids is 1. The number of hydrogen-bond acceptors (Lipinski definition) is 3. The zero-order valence-electron chi connectivity index (χ0n) is 14.3. The average molecular weight is 381 g/mol. The summed E-state index contributed by atoms with van der Waals surface area (Å²) in [6.45, 7) is 3.63. The second kappa shape index (κ2) is 8.14. The van der Waals surface area contributed by atoms with Gasteiger partial charge in [-0.1, -0.05) is 30.7 Å². The summed E-state index contributed by atoms with van der Waals surface area (Å²) in [5.41, 5.74) is -1.31. The Bertz CT molecular complexity index is 911. The Hall–Kier alpha value is -2.67. The molecule has 1 atom stereocenters. The van der Waals surface area contributed by atoms with Gasteiger partial charge in [0, 0.05) is 25.0 Å². The Morgan fingerprint density at radius 3 is 2.58 bits per heavy atom. The normalized spacial score (nSPS) is 11.8. The van der Waals surface area contributed by atoms with E-state index in [1.165, 1.54) is 35.2 Å². The summed E-state index contributed by atoms with van der Waals surface area (Å²) in [6, 6.07) is 4.08. The van der Waals surface area contributed by atoms with E-state index in [1.54, 1.807) is 0 Å². The molecule has 0 saturated heterocycles. The Balaban J connectivity index is 2.35. The molecule has 0 saturated carbocycles. The van der Waals surface area contributed by atoms with Crippen LogP contribution >= 0.6 is 11.6 Å². The first-order valence-electron chi connectivity index (χ1n) is 7.96. The fourth-order valence-corrected chi connectivity index (χ4v) is 2.53. The fraction of sp³-hybridized carbons (Fsp3) is 0.278. The van der Waals surface area contributed by atoms with Crippen LogP contribution in [0.5, 0.6) is 0 Å². The Kier molecular flexibility index (Phi) is 6.15. The van der Waals surface area contributed by atoms with E-state index in [-0.39, 0.29) is 23.2 Å². The molecule has 0 aliphatic rings. The number of nitrogens with one attached hydrogen (secondary N) is 1. The lowest BCUT2D eigenvalue weighted by Crippen LogP contribution is -2.32. The van der Waals surface area contributed by atoms with Crippen molar-refractivity contribution in [1.29, 1.82) is 0 Å². The van der Waals surface area contributed by atoms with E-state index in [0.717, 1.165) is 0 Å². The van der Waals surface area contributed by atoms with Gasteiger partial charge in [-0.3, -0.25) is 9.59 Å². The molecule has 26 heavy (non-hydrogen) atoms. The van der Waals surface area contributed by atoms with Crippen LogP contribution in [-0.4, -0.2) is 21.6 Å². The van der Waals surface area contributed by atoms with Gasteiger partial charge in [0.15, 0.2) is 0 Å². The van der Waals surface area contributed by atoms with Crippen LogP contribution in [0.15, 0.2) is 35.4 Å². The molecule has 0 aliphatic carbocycles. The number of pyridine rings is 1. The first-order chi connectivity index (χ1) is 12.3.